The fourth-order valence-electron chi connectivity index (χ4n) is 1.90. The second kappa shape index (κ2) is 6.31. The van der Waals surface area contributed by atoms with Gasteiger partial charge in [-0.05, 0) is 6.92 Å². The van der Waals surface area contributed by atoms with Gasteiger partial charge in [0, 0.05) is 30.8 Å². The highest BCUT2D eigenvalue weighted by Gasteiger charge is 2.28. The predicted octanol–water partition coefficient (Wildman–Crippen LogP) is 3.57. The molecular formula is C12H14ClF3N4S. The molecule has 2 heterocycles. The van der Waals surface area contributed by atoms with Crippen LogP contribution < -0.4 is 0 Å². The first-order valence-corrected chi connectivity index (χ1v) is 7.63. The van der Waals surface area contributed by atoms with Crippen LogP contribution in [0.3, 0.4) is 0 Å². The van der Waals surface area contributed by atoms with Crippen molar-refractivity contribution in [3.8, 4) is 0 Å². The molecule has 0 aromatic carbocycles. The Morgan fingerprint density at radius 3 is 2.62 bits per heavy atom. The average molecular weight is 339 g/mol. The molecule has 0 aliphatic heterocycles. The molecule has 2 aromatic heterocycles. The number of alkyl halides is 3. The molecule has 21 heavy (non-hydrogen) atoms. The number of rotatable bonds is 5. The number of imidazole rings is 1. The van der Waals surface area contributed by atoms with Gasteiger partial charge >= 0.3 is 6.18 Å². The molecule has 0 aliphatic rings. The Labute approximate surface area is 129 Å². The first-order chi connectivity index (χ1) is 9.78. The lowest BCUT2D eigenvalue weighted by molar-refractivity contribution is -0.140. The zero-order chi connectivity index (χ0) is 15.6. The number of aryl methyl sites for hydroxylation is 2. The number of aromatic nitrogens is 4. The summed E-state index contributed by atoms with van der Waals surface area (Å²) in [6, 6.07) is 0. The molecule has 0 atom stereocenters. The van der Waals surface area contributed by atoms with Crippen molar-refractivity contribution in [1.29, 1.82) is 0 Å². The molecule has 116 valence electrons. The largest absolute Gasteiger partial charge is 0.406 e. The maximum atomic E-state index is 12.4. The average Bonchev–Trinajstić information content (AvgIpc) is 2.87. The van der Waals surface area contributed by atoms with E-state index in [9.17, 15) is 13.2 Å². The molecule has 0 fully saturated rings. The van der Waals surface area contributed by atoms with Crippen molar-refractivity contribution in [2.75, 3.05) is 0 Å². The van der Waals surface area contributed by atoms with E-state index in [2.05, 4.69) is 10.1 Å². The molecule has 0 saturated heterocycles. The van der Waals surface area contributed by atoms with Crippen LogP contribution in [0.4, 0.5) is 13.2 Å². The van der Waals surface area contributed by atoms with Crippen molar-refractivity contribution in [2.45, 2.75) is 31.2 Å². The Hall–Kier alpha value is -1.15. The minimum Gasteiger partial charge on any atom is -0.325 e. The van der Waals surface area contributed by atoms with E-state index < -0.39 is 12.7 Å². The van der Waals surface area contributed by atoms with Crippen molar-refractivity contribution in [1.82, 2.24) is 19.3 Å². The first-order valence-electron chi connectivity index (χ1n) is 6.10. The van der Waals surface area contributed by atoms with E-state index in [0.717, 1.165) is 15.8 Å². The van der Waals surface area contributed by atoms with Crippen LogP contribution in [0.2, 0.25) is 5.15 Å². The summed E-state index contributed by atoms with van der Waals surface area (Å²) in [5, 5.41) is 4.75. The van der Waals surface area contributed by atoms with Crippen LogP contribution in [0.25, 0.3) is 0 Å². The summed E-state index contributed by atoms with van der Waals surface area (Å²) in [4.78, 5) is 3.97. The van der Waals surface area contributed by atoms with Crippen molar-refractivity contribution < 1.29 is 13.2 Å². The summed E-state index contributed by atoms with van der Waals surface area (Å²) in [6.45, 7) is 0.835. The highest BCUT2D eigenvalue weighted by molar-refractivity contribution is 7.97. The van der Waals surface area contributed by atoms with Gasteiger partial charge < -0.3 is 4.57 Å². The summed E-state index contributed by atoms with van der Waals surface area (Å²) < 4.78 is 39.9. The van der Waals surface area contributed by atoms with Crippen LogP contribution in [0.5, 0.6) is 0 Å². The molecule has 0 bridgehead atoms. The number of nitrogens with zero attached hydrogens (tertiary/aromatic N) is 4. The molecule has 0 N–H and O–H groups in total. The van der Waals surface area contributed by atoms with Crippen LogP contribution in [0.15, 0.2) is 12.4 Å². The molecule has 0 saturated carbocycles. The Morgan fingerprint density at radius 1 is 1.33 bits per heavy atom. The van der Waals surface area contributed by atoms with E-state index in [1.54, 1.807) is 11.7 Å². The molecule has 2 rings (SSSR count). The van der Waals surface area contributed by atoms with Crippen LogP contribution in [0.1, 0.15) is 17.1 Å². The maximum absolute atomic E-state index is 12.4. The van der Waals surface area contributed by atoms with E-state index in [4.69, 9.17) is 11.6 Å². The van der Waals surface area contributed by atoms with Gasteiger partial charge in [0.2, 0.25) is 0 Å². The number of hydrogen-bond donors (Lipinski definition) is 0. The van der Waals surface area contributed by atoms with E-state index in [1.165, 1.54) is 24.2 Å². The minimum atomic E-state index is -4.25. The third-order valence-electron chi connectivity index (χ3n) is 2.90. The van der Waals surface area contributed by atoms with Gasteiger partial charge in [-0.25, -0.2) is 4.98 Å². The fourth-order valence-corrected chi connectivity index (χ4v) is 3.29. The van der Waals surface area contributed by atoms with Crippen LogP contribution in [-0.4, -0.2) is 25.5 Å². The monoisotopic (exact) mass is 338 g/mol. The summed E-state index contributed by atoms with van der Waals surface area (Å²) in [5.74, 6) is 1.36. The number of halogens is 4. The smallest absolute Gasteiger partial charge is 0.325 e. The Balaban J connectivity index is 1.97. The highest BCUT2D eigenvalue weighted by atomic mass is 35.5. The second-order valence-electron chi connectivity index (χ2n) is 4.56. The second-order valence-corrected chi connectivity index (χ2v) is 5.90. The van der Waals surface area contributed by atoms with Crippen molar-refractivity contribution in [3.63, 3.8) is 0 Å². The zero-order valence-electron chi connectivity index (χ0n) is 11.5. The molecule has 9 heteroatoms. The van der Waals surface area contributed by atoms with Crippen molar-refractivity contribution in [2.24, 2.45) is 7.05 Å². The number of hydrogen-bond acceptors (Lipinski definition) is 3. The molecular weight excluding hydrogens is 325 g/mol. The lowest BCUT2D eigenvalue weighted by atomic mass is 10.3. The molecule has 4 nitrogen and oxygen atoms in total. The normalized spacial score (nSPS) is 12.1. The van der Waals surface area contributed by atoms with Gasteiger partial charge in [-0.1, -0.05) is 11.6 Å². The third kappa shape index (κ3) is 4.16. The minimum absolute atomic E-state index is 0.383. The summed E-state index contributed by atoms with van der Waals surface area (Å²) in [7, 11) is 1.75. The lowest BCUT2D eigenvalue weighted by Crippen LogP contribution is -2.18. The van der Waals surface area contributed by atoms with Gasteiger partial charge in [0.25, 0.3) is 0 Å². The van der Waals surface area contributed by atoms with Gasteiger partial charge in [0.05, 0.1) is 11.4 Å². The Kier molecular flexibility index (Phi) is 4.88. The summed E-state index contributed by atoms with van der Waals surface area (Å²) in [5.41, 5.74) is 1.73. The predicted molar refractivity (Wildman–Crippen MR) is 76.2 cm³/mol. The van der Waals surface area contributed by atoms with E-state index >= 15 is 0 Å². The molecule has 0 aliphatic carbocycles. The van der Waals surface area contributed by atoms with Crippen LogP contribution in [0, 0.1) is 6.92 Å². The fraction of sp³-hybridized carbons (Fsp3) is 0.500. The molecule has 2 aromatic rings. The van der Waals surface area contributed by atoms with Gasteiger partial charge in [-0.3, -0.25) is 4.68 Å². The SMILES string of the molecule is Cc1nn(C)c(Cl)c1CSCc1nccn1CC(F)(F)F. The molecule has 0 radical (unpaired) electrons. The van der Waals surface area contributed by atoms with Gasteiger partial charge in [0.15, 0.2) is 0 Å². The standard InChI is InChI=1S/C12H14ClF3N4S/c1-8-9(11(13)19(2)18-8)5-21-6-10-17-3-4-20(10)7-12(14,15)16/h3-4H,5-7H2,1-2H3. The van der Waals surface area contributed by atoms with Gasteiger partial charge in [-0.2, -0.15) is 18.3 Å². The Morgan fingerprint density at radius 2 is 2.05 bits per heavy atom. The first kappa shape index (κ1) is 16.2. The third-order valence-corrected chi connectivity index (χ3v) is 4.33. The highest BCUT2D eigenvalue weighted by Crippen LogP contribution is 2.26. The van der Waals surface area contributed by atoms with Crippen LogP contribution >= 0.6 is 23.4 Å². The summed E-state index contributed by atoms with van der Waals surface area (Å²) >= 11 is 7.57. The molecule has 0 amide bonds. The quantitative estimate of drug-likeness (QED) is 0.836. The van der Waals surface area contributed by atoms with Crippen LogP contribution in [-0.2, 0) is 25.1 Å². The van der Waals surface area contributed by atoms with E-state index in [-0.39, 0.29) is 0 Å². The molecule has 0 spiro atoms. The Bertz CT molecular complexity index is 621. The van der Waals surface area contributed by atoms with E-state index in [0.29, 0.717) is 22.5 Å². The lowest BCUT2D eigenvalue weighted by Gasteiger charge is -2.10. The van der Waals surface area contributed by atoms with Crippen molar-refractivity contribution in [3.05, 3.63) is 34.6 Å². The van der Waals surface area contributed by atoms with E-state index in [1.807, 2.05) is 6.92 Å². The topological polar surface area (TPSA) is 35.6 Å². The van der Waals surface area contributed by atoms with Gasteiger partial charge in [0.1, 0.15) is 17.5 Å². The van der Waals surface area contributed by atoms with Crippen molar-refractivity contribution >= 4 is 23.4 Å². The van der Waals surface area contributed by atoms with Gasteiger partial charge in [-0.15, -0.1) is 11.8 Å². The maximum Gasteiger partial charge on any atom is 0.406 e. The summed E-state index contributed by atoms with van der Waals surface area (Å²) in [6.07, 6.45) is -1.53. The zero-order valence-corrected chi connectivity index (χ0v) is 13.1. The number of thioether (sulfide) groups is 1. The molecule has 0 unspecified atom stereocenters.